The van der Waals surface area contributed by atoms with Crippen LogP contribution in [0, 0.1) is 17.7 Å². The van der Waals surface area contributed by atoms with Crippen molar-refractivity contribution in [3.63, 3.8) is 0 Å². The first-order valence-corrected chi connectivity index (χ1v) is 7.36. The molecule has 0 aliphatic carbocycles. The van der Waals surface area contributed by atoms with Gasteiger partial charge in [-0.25, -0.2) is 4.39 Å². The van der Waals surface area contributed by atoms with Gasteiger partial charge in [0.25, 0.3) is 0 Å². The molecule has 0 saturated heterocycles. The van der Waals surface area contributed by atoms with Gasteiger partial charge in [0.15, 0.2) is 0 Å². The second-order valence-electron chi connectivity index (χ2n) is 4.87. The molecule has 1 aromatic rings. The smallest absolute Gasteiger partial charge is 0.224 e. The van der Waals surface area contributed by atoms with Crippen molar-refractivity contribution in [2.24, 2.45) is 0 Å². The van der Waals surface area contributed by atoms with E-state index in [0.29, 0.717) is 12.1 Å². The first-order valence-electron chi connectivity index (χ1n) is 7.36. The molecule has 0 heterocycles. The molecule has 21 heavy (non-hydrogen) atoms. The number of hydrogen-bond donors (Lipinski definition) is 2. The summed E-state index contributed by atoms with van der Waals surface area (Å²) < 4.78 is 13.7. The molecule has 1 rings (SSSR count). The van der Waals surface area contributed by atoms with Crippen LogP contribution in [0.1, 0.15) is 51.0 Å². The first kappa shape index (κ1) is 17.2. The summed E-state index contributed by atoms with van der Waals surface area (Å²) in [5.74, 6) is 4.30. The van der Waals surface area contributed by atoms with Crippen LogP contribution in [0.5, 0.6) is 0 Å². The molecule has 114 valence electrons. The Morgan fingerprint density at radius 2 is 2.05 bits per heavy atom. The second-order valence-corrected chi connectivity index (χ2v) is 4.87. The third-order valence-electron chi connectivity index (χ3n) is 3.06. The maximum atomic E-state index is 13.7. The molecule has 0 radical (unpaired) electrons. The van der Waals surface area contributed by atoms with E-state index in [0.717, 1.165) is 19.3 Å². The zero-order valence-electron chi connectivity index (χ0n) is 12.4. The number of unbranched alkanes of at least 4 members (excludes halogenated alkanes) is 4. The molecule has 2 N–H and O–H groups in total. The zero-order valence-corrected chi connectivity index (χ0v) is 12.4. The van der Waals surface area contributed by atoms with Gasteiger partial charge in [-0.15, -0.1) is 0 Å². The summed E-state index contributed by atoms with van der Waals surface area (Å²) in [7, 11) is 0. The third kappa shape index (κ3) is 6.92. The number of nitrogens with one attached hydrogen (secondary N) is 1. The SMILES string of the molecule is CCCCCCCC(=O)Nc1ccc(C#CCO)c(F)c1. The lowest BCUT2D eigenvalue weighted by molar-refractivity contribution is -0.116. The number of carbonyl (C=O) groups is 1. The number of aliphatic hydroxyl groups is 1. The zero-order chi connectivity index (χ0) is 15.5. The summed E-state index contributed by atoms with van der Waals surface area (Å²) in [6, 6.07) is 4.35. The maximum Gasteiger partial charge on any atom is 0.224 e. The van der Waals surface area contributed by atoms with E-state index in [2.05, 4.69) is 24.1 Å². The average Bonchev–Trinajstić information content (AvgIpc) is 2.46. The van der Waals surface area contributed by atoms with Crippen molar-refractivity contribution in [2.75, 3.05) is 11.9 Å². The number of amides is 1. The molecule has 0 aliphatic rings. The van der Waals surface area contributed by atoms with Crippen LogP contribution in [0.3, 0.4) is 0 Å². The quantitative estimate of drug-likeness (QED) is 0.597. The molecule has 0 unspecified atom stereocenters. The molecule has 0 atom stereocenters. The lowest BCUT2D eigenvalue weighted by Gasteiger charge is -2.06. The minimum absolute atomic E-state index is 0.0971. The van der Waals surface area contributed by atoms with E-state index in [1.54, 1.807) is 6.07 Å². The first-order chi connectivity index (χ1) is 10.2. The number of carbonyl (C=O) groups excluding carboxylic acids is 1. The summed E-state index contributed by atoms with van der Waals surface area (Å²) in [6.45, 7) is 1.84. The Bertz CT molecular complexity index is 517. The van der Waals surface area contributed by atoms with Gasteiger partial charge in [0.1, 0.15) is 12.4 Å². The standard InChI is InChI=1S/C17H22FNO2/c1-2-3-4-5-6-9-17(21)19-15-11-10-14(8-7-12-20)16(18)13-15/h10-11,13,20H,2-6,9,12H2,1H3,(H,19,21). The minimum atomic E-state index is -0.503. The number of halogens is 1. The lowest BCUT2D eigenvalue weighted by atomic mass is 10.1. The van der Waals surface area contributed by atoms with Crippen molar-refractivity contribution in [1.29, 1.82) is 0 Å². The monoisotopic (exact) mass is 291 g/mol. The Balaban J connectivity index is 2.44. The molecule has 0 spiro atoms. The van der Waals surface area contributed by atoms with E-state index in [1.807, 2.05) is 0 Å². The van der Waals surface area contributed by atoms with E-state index >= 15 is 0 Å². The topological polar surface area (TPSA) is 49.3 Å². The van der Waals surface area contributed by atoms with Gasteiger partial charge in [0.05, 0.1) is 5.56 Å². The maximum absolute atomic E-state index is 13.7. The minimum Gasteiger partial charge on any atom is -0.384 e. The third-order valence-corrected chi connectivity index (χ3v) is 3.06. The van der Waals surface area contributed by atoms with Crippen molar-refractivity contribution < 1.29 is 14.3 Å². The largest absolute Gasteiger partial charge is 0.384 e. The fourth-order valence-electron chi connectivity index (χ4n) is 1.94. The summed E-state index contributed by atoms with van der Waals surface area (Å²) >= 11 is 0. The van der Waals surface area contributed by atoms with Crippen molar-refractivity contribution in [3.05, 3.63) is 29.6 Å². The highest BCUT2D eigenvalue weighted by Gasteiger charge is 2.05. The summed E-state index contributed by atoms with van der Waals surface area (Å²) in [4.78, 5) is 11.7. The van der Waals surface area contributed by atoms with E-state index in [1.165, 1.54) is 25.0 Å². The van der Waals surface area contributed by atoms with Crippen molar-refractivity contribution in [3.8, 4) is 11.8 Å². The van der Waals surface area contributed by atoms with Gasteiger partial charge in [-0.05, 0) is 24.6 Å². The highest BCUT2D eigenvalue weighted by Crippen LogP contribution is 2.14. The number of benzene rings is 1. The number of rotatable bonds is 7. The molecule has 0 bridgehead atoms. The Morgan fingerprint density at radius 3 is 2.71 bits per heavy atom. The van der Waals surface area contributed by atoms with Gasteiger partial charge in [-0.2, -0.15) is 0 Å². The van der Waals surface area contributed by atoms with Gasteiger partial charge in [0.2, 0.25) is 5.91 Å². The van der Waals surface area contributed by atoms with Crippen LogP contribution >= 0.6 is 0 Å². The van der Waals surface area contributed by atoms with Crippen LogP contribution in [0.25, 0.3) is 0 Å². The van der Waals surface area contributed by atoms with Crippen LogP contribution in [0.2, 0.25) is 0 Å². The van der Waals surface area contributed by atoms with Gasteiger partial charge in [-0.3, -0.25) is 4.79 Å². The average molecular weight is 291 g/mol. The Morgan fingerprint density at radius 1 is 1.29 bits per heavy atom. The molecule has 1 aromatic carbocycles. The number of anilines is 1. The van der Waals surface area contributed by atoms with Crippen LogP contribution in [-0.4, -0.2) is 17.6 Å². The summed E-state index contributed by atoms with van der Waals surface area (Å²) in [5, 5.41) is 11.3. The second kappa shape index (κ2) is 9.95. The van der Waals surface area contributed by atoms with Crippen molar-refractivity contribution >= 4 is 11.6 Å². The molecule has 3 nitrogen and oxygen atoms in total. The predicted molar refractivity (Wildman–Crippen MR) is 82.4 cm³/mol. The molecule has 4 heteroatoms. The number of hydrogen-bond acceptors (Lipinski definition) is 2. The van der Waals surface area contributed by atoms with Gasteiger partial charge >= 0.3 is 0 Å². The highest BCUT2D eigenvalue weighted by atomic mass is 19.1. The Kier molecular flexibility index (Phi) is 8.15. The van der Waals surface area contributed by atoms with Crippen LogP contribution in [0.15, 0.2) is 18.2 Å². The summed E-state index contributed by atoms with van der Waals surface area (Å²) in [6.07, 6.45) is 5.88. The summed E-state index contributed by atoms with van der Waals surface area (Å²) in [5.41, 5.74) is 0.641. The normalized spacial score (nSPS) is 9.86. The molecule has 0 aliphatic heterocycles. The van der Waals surface area contributed by atoms with Gasteiger partial charge in [-0.1, -0.05) is 44.4 Å². The molecule has 0 fully saturated rings. The van der Waals surface area contributed by atoms with Crippen LogP contribution in [0.4, 0.5) is 10.1 Å². The lowest BCUT2D eigenvalue weighted by Crippen LogP contribution is -2.11. The Hall–Kier alpha value is -1.86. The fourth-order valence-corrected chi connectivity index (χ4v) is 1.94. The fraction of sp³-hybridized carbons (Fsp3) is 0.471. The van der Waals surface area contributed by atoms with Crippen molar-refractivity contribution in [1.82, 2.24) is 0 Å². The molecule has 0 saturated carbocycles. The highest BCUT2D eigenvalue weighted by molar-refractivity contribution is 5.90. The Labute approximate surface area is 125 Å². The van der Waals surface area contributed by atoms with Crippen molar-refractivity contribution in [2.45, 2.75) is 45.4 Å². The van der Waals surface area contributed by atoms with E-state index in [9.17, 15) is 9.18 Å². The number of aliphatic hydroxyl groups excluding tert-OH is 1. The molecule has 1 amide bonds. The van der Waals surface area contributed by atoms with Crippen LogP contribution < -0.4 is 5.32 Å². The van der Waals surface area contributed by atoms with E-state index in [4.69, 9.17) is 5.11 Å². The predicted octanol–water partition coefficient (Wildman–Crippen LogP) is 3.47. The van der Waals surface area contributed by atoms with Crippen LogP contribution in [-0.2, 0) is 4.79 Å². The molecule has 0 aromatic heterocycles. The van der Waals surface area contributed by atoms with Gasteiger partial charge < -0.3 is 10.4 Å². The molecular weight excluding hydrogens is 269 g/mol. The van der Waals surface area contributed by atoms with E-state index < -0.39 is 5.82 Å². The van der Waals surface area contributed by atoms with E-state index in [-0.39, 0.29) is 18.1 Å². The van der Waals surface area contributed by atoms with Gasteiger partial charge in [0, 0.05) is 12.1 Å². The molecular formula is C17H22FNO2.